The highest BCUT2D eigenvalue weighted by atomic mass is 35.5. The zero-order chi connectivity index (χ0) is 18.4. The van der Waals surface area contributed by atoms with E-state index in [-0.39, 0.29) is 42.2 Å². The van der Waals surface area contributed by atoms with Crippen molar-refractivity contribution in [2.45, 2.75) is 58.2 Å². The van der Waals surface area contributed by atoms with E-state index >= 15 is 0 Å². The third-order valence-corrected chi connectivity index (χ3v) is 5.23. The number of piperidine rings is 1. The molecule has 1 aromatic carbocycles. The predicted octanol–water partition coefficient (Wildman–Crippen LogP) is 3.16. The maximum absolute atomic E-state index is 12.8. The van der Waals surface area contributed by atoms with E-state index in [0.717, 1.165) is 25.8 Å². The topological polar surface area (TPSA) is 70.2 Å². The summed E-state index contributed by atoms with van der Waals surface area (Å²) in [5.41, 5.74) is 0.498. The van der Waals surface area contributed by atoms with Crippen molar-refractivity contribution in [3.05, 3.63) is 34.9 Å². The smallest absolute Gasteiger partial charge is 0.251 e. The molecule has 0 saturated carbocycles. The Hall–Kier alpha value is -1.30. The molecule has 0 aliphatic carbocycles. The number of halogens is 2. The number of carbonyl (C=O) groups excluding carboxylic acids is 2. The van der Waals surface area contributed by atoms with Gasteiger partial charge in [0.25, 0.3) is 5.91 Å². The SMILES string of the molecule is CCC(C)C(NC(=O)c1ccc(Cl)cc1)C(=O)NC1CCCNC1C.Cl. The van der Waals surface area contributed by atoms with Gasteiger partial charge in [-0.15, -0.1) is 12.4 Å². The summed E-state index contributed by atoms with van der Waals surface area (Å²) in [5.74, 6) is -0.327. The minimum atomic E-state index is -0.553. The summed E-state index contributed by atoms with van der Waals surface area (Å²) >= 11 is 5.87. The highest BCUT2D eigenvalue weighted by Gasteiger charge is 2.30. The first-order valence-electron chi connectivity index (χ1n) is 9.02. The van der Waals surface area contributed by atoms with Crippen molar-refractivity contribution in [3.63, 3.8) is 0 Å². The van der Waals surface area contributed by atoms with Crippen molar-refractivity contribution >= 4 is 35.8 Å². The maximum Gasteiger partial charge on any atom is 0.251 e. The van der Waals surface area contributed by atoms with Gasteiger partial charge < -0.3 is 16.0 Å². The van der Waals surface area contributed by atoms with Crippen molar-refractivity contribution in [1.82, 2.24) is 16.0 Å². The average molecular weight is 402 g/mol. The quantitative estimate of drug-likeness (QED) is 0.685. The minimum absolute atomic E-state index is 0. The molecule has 3 N–H and O–H groups in total. The maximum atomic E-state index is 12.8. The number of carbonyl (C=O) groups is 2. The van der Waals surface area contributed by atoms with Gasteiger partial charge in [0.2, 0.25) is 5.91 Å². The lowest BCUT2D eigenvalue weighted by atomic mass is 9.95. The summed E-state index contributed by atoms with van der Waals surface area (Å²) in [6, 6.07) is 6.45. The van der Waals surface area contributed by atoms with Crippen molar-refractivity contribution in [2.24, 2.45) is 5.92 Å². The number of amides is 2. The van der Waals surface area contributed by atoms with Crippen LogP contribution in [-0.4, -0.2) is 36.5 Å². The van der Waals surface area contributed by atoms with Gasteiger partial charge in [0, 0.05) is 22.7 Å². The van der Waals surface area contributed by atoms with Crippen molar-refractivity contribution in [3.8, 4) is 0 Å². The molecule has 1 aliphatic rings. The van der Waals surface area contributed by atoms with Crippen LogP contribution >= 0.6 is 24.0 Å². The van der Waals surface area contributed by atoms with Crippen LogP contribution in [0.5, 0.6) is 0 Å². The zero-order valence-corrected chi connectivity index (χ0v) is 17.1. The van der Waals surface area contributed by atoms with Crippen LogP contribution in [0.4, 0.5) is 0 Å². The largest absolute Gasteiger partial charge is 0.350 e. The first kappa shape index (κ1) is 22.7. The molecule has 1 heterocycles. The van der Waals surface area contributed by atoms with Crippen LogP contribution in [0.3, 0.4) is 0 Å². The number of hydrogen-bond acceptors (Lipinski definition) is 3. The summed E-state index contributed by atoms with van der Waals surface area (Å²) < 4.78 is 0. The van der Waals surface area contributed by atoms with Crippen LogP contribution in [0.2, 0.25) is 5.02 Å². The van der Waals surface area contributed by atoms with E-state index in [2.05, 4.69) is 22.9 Å². The van der Waals surface area contributed by atoms with Gasteiger partial charge in [0.15, 0.2) is 0 Å². The lowest BCUT2D eigenvalue weighted by molar-refractivity contribution is -0.125. The lowest BCUT2D eigenvalue weighted by Gasteiger charge is -2.33. The van der Waals surface area contributed by atoms with Gasteiger partial charge >= 0.3 is 0 Å². The fourth-order valence-corrected chi connectivity index (χ4v) is 3.17. The third kappa shape index (κ3) is 6.15. The van der Waals surface area contributed by atoms with Gasteiger partial charge in [-0.05, 0) is 56.5 Å². The highest BCUT2D eigenvalue weighted by Crippen LogP contribution is 2.14. The van der Waals surface area contributed by atoms with Gasteiger partial charge in [-0.3, -0.25) is 9.59 Å². The molecule has 1 aromatic rings. The second-order valence-corrected chi connectivity index (χ2v) is 7.28. The summed E-state index contributed by atoms with van der Waals surface area (Å²) in [4.78, 5) is 25.3. The van der Waals surface area contributed by atoms with E-state index in [1.807, 2.05) is 13.8 Å². The Balaban J connectivity index is 0.00000338. The summed E-state index contributed by atoms with van der Waals surface area (Å²) in [6.07, 6.45) is 2.80. The predicted molar refractivity (Wildman–Crippen MR) is 108 cm³/mol. The number of benzene rings is 1. The van der Waals surface area contributed by atoms with Gasteiger partial charge in [0.05, 0.1) is 0 Å². The molecule has 1 fully saturated rings. The van der Waals surface area contributed by atoms with Crippen molar-refractivity contribution < 1.29 is 9.59 Å². The van der Waals surface area contributed by atoms with Gasteiger partial charge in [0.1, 0.15) is 6.04 Å². The second-order valence-electron chi connectivity index (χ2n) is 6.84. The van der Waals surface area contributed by atoms with E-state index in [0.29, 0.717) is 10.6 Å². The van der Waals surface area contributed by atoms with E-state index in [4.69, 9.17) is 11.6 Å². The summed E-state index contributed by atoms with van der Waals surface area (Å²) in [7, 11) is 0. The van der Waals surface area contributed by atoms with Gasteiger partial charge in [-0.1, -0.05) is 31.9 Å². The molecule has 0 radical (unpaired) electrons. The third-order valence-electron chi connectivity index (χ3n) is 4.98. The highest BCUT2D eigenvalue weighted by molar-refractivity contribution is 6.30. The number of nitrogens with one attached hydrogen (secondary N) is 3. The van der Waals surface area contributed by atoms with Crippen molar-refractivity contribution in [2.75, 3.05) is 6.54 Å². The molecule has 4 atom stereocenters. The van der Waals surface area contributed by atoms with Crippen molar-refractivity contribution in [1.29, 1.82) is 0 Å². The van der Waals surface area contributed by atoms with E-state index in [1.165, 1.54) is 0 Å². The molecule has 26 heavy (non-hydrogen) atoms. The van der Waals surface area contributed by atoms with Crippen LogP contribution < -0.4 is 16.0 Å². The first-order chi connectivity index (χ1) is 11.9. The molecule has 4 unspecified atom stereocenters. The molecule has 2 rings (SSSR count). The second kappa shape index (κ2) is 10.8. The number of hydrogen-bond donors (Lipinski definition) is 3. The molecular formula is C19H29Cl2N3O2. The fraction of sp³-hybridized carbons (Fsp3) is 0.579. The minimum Gasteiger partial charge on any atom is -0.350 e. The Morgan fingerprint density at radius 2 is 1.96 bits per heavy atom. The Bertz CT molecular complexity index is 595. The van der Waals surface area contributed by atoms with Crippen LogP contribution in [-0.2, 0) is 4.79 Å². The molecule has 0 aromatic heterocycles. The molecule has 0 bridgehead atoms. The van der Waals surface area contributed by atoms with Crippen LogP contribution in [0.25, 0.3) is 0 Å². The average Bonchev–Trinajstić information content (AvgIpc) is 2.61. The molecule has 0 spiro atoms. The molecule has 7 heteroatoms. The molecule has 1 saturated heterocycles. The van der Waals surface area contributed by atoms with Crippen LogP contribution in [0, 0.1) is 5.92 Å². The van der Waals surface area contributed by atoms with Gasteiger partial charge in [-0.2, -0.15) is 0 Å². The Morgan fingerprint density at radius 3 is 2.54 bits per heavy atom. The molecule has 1 aliphatic heterocycles. The zero-order valence-electron chi connectivity index (χ0n) is 15.5. The number of rotatable bonds is 6. The normalized spacial score (nSPS) is 21.8. The summed E-state index contributed by atoms with van der Waals surface area (Å²) in [5, 5.41) is 9.96. The lowest BCUT2D eigenvalue weighted by Crippen LogP contribution is -2.57. The van der Waals surface area contributed by atoms with E-state index < -0.39 is 6.04 Å². The standard InChI is InChI=1S/C19H28ClN3O2.ClH/c1-4-12(2)17(19(25)22-16-6-5-11-21-13(16)3)23-18(24)14-7-9-15(20)10-8-14;/h7-10,12-13,16-17,21H,4-6,11H2,1-3H3,(H,22,25)(H,23,24);1H. The monoisotopic (exact) mass is 401 g/mol. The van der Waals surface area contributed by atoms with E-state index in [1.54, 1.807) is 24.3 Å². The Morgan fingerprint density at radius 1 is 1.31 bits per heavy atom. The molecule has 2 amide bonds. The van der Waals surface area contributed by atoms with E-state index in [9.17, 15) is 9.59 Å². The fourth-order valence-electron chi connectivity index (χ4n) is 3.04. The van der Waals surface area contributed by atoms with Crippen LogP contribution in [0.15, 0.2) is 24.3 Å². The summed E-state index contributed by atoms with van der Waals surface area (Å²) in [6.45, 7) is 7.06. The van der Waals surface area contributed by atoms with Gasteiger partial charge in [-0.25, -0.2) is 0 Å². The molecular weight excluding hydrogens is 373 g/mol. The molecule has 146 valence electrons. The first-order valence-corrected chi connectivity index (χ1v) is 9.40. The Labute approximate surface area is 167 Å². The molecule has 5 nitrogen and oxygen atoms in total. The Kier molecular flexibility index (Phi) is 9.41. The van der Waals surface area contributed by atoms with Crippen LogP contribution in [0.1, 0.15) is 50.4 Å².